The molecule has 2 aliphatic heterocycles. The first-order chi connectivity index (χ1) is 17.4. The Bertz CT molecular complexity index is 1400. The van der Waals surface area contributed by atoms with E-state index in [4.69, 9.17) is 0 Å². The van der Waals surface area contributed by atoms with Crippen LogP contribution in [0, 0.1) is 5.82 Å². The number of fused-ring (bicyclic) bond motifs is 3. The van der Waals surface area contributed by atoms with E-state index in [1.807, 2.05) is 24.3 Å². The number of tetrazole rings is 1. The Balaban J connectivity index is 1.31. The molecule has 0 amide bonds. The Morgan fingerprint density at radius 3 is 2.44 bits per heavy atom. The maximum absolute atomic E-state index is 15.9. The third kappa shape index (κ3) is 3.54. The van der Waals surface area contributed by atoms with E-state index in [-0.39, 0.29) is 17.0 Å². The molecule has 184 valence electrons. The maximum atomic E-state index is 15.9. The zero-order chi connectivity index (χ0) is 24.9. The lowest BCUT2D eigenvalue weighted by Crippen LogP contribution is -2.49. The number of halogens is 3. The van der Waals surface area contributed by atoms with Crippen molar-refractivity contribution in [2.45, 2.75) is 18.1 Å². The van der Waals surface area contributed by atoms with E-state index in [1.165, 1.54) is 12.3 Å². The first-order valence-corrected chi connectivity index (χ1v) is 11.6. The van der Waals surface area contributed by atoms with E-state index >= 15 is 8.78 Å². The van der Waals surface area contributed by atoms with Crippen LogP contribution in [0.25, 0.3) is 22.5 Å². The zero-order valence-electron chi connectivity index (χ0n) is 19.1. The molecule has 1 atom stereocenters. The Kier molecular flexibility index (Phi) is 5.27. The van der Waals surface area contributed by atoms with Crippen LogP contribution in [0.2, 0.25) is 0 Å². The van der Waals surface area contributed by atoms with Crippen LogP contribution in [0.5, 0.6) is 0 Å². The van der Waals surface area contributed by atoms with Crippen LogP contribution in [0.1, 0.15) is 11.3 Å². The van der Waals surface area contributed by atoms with Crippen LogP contribution >= 0.6 is 0 Å². The lowest BCUT2D eigenvalue weighted by molar-refractivity contribution is -0.207. The molecule has 0 radical (unpaired) electrons. The van der Waals surface area contributed by atoms with Gasteiger partial charge in [0.25, 0.3) is 0 Å². The standard InChI is InChI=1S/C25H22F3N7O/c26-18-4-7-21-20(13-18)23-31-32-33-35(23)15-24(21,36)25(27,28)22-8-3-17(14-30-22)16-1-5-19(6-2-16)34-11-9-29-10-12-34/h1-8,13-14,29,36H,9-12,15H2/t24-/m0/s1. The highest BCUT2D eigenvalue weighted by atomic mass is 19.3. The highest BCUT2D eigenvalue weighted by molar-refractivity contribution is 5.67. The fourth-order valence-corrected chi connectivity index (χ4v) is 4.89. The molecule has 0 aliphatic carbocycles. The van der Waals surface area contributed by atoms with Gasteiger partial charge in [0.05, 0.1) is 6.54 Å². The number of aliphatic hydroxyl groups is 1. The summed E-state index contributed by atoms with van der Waals surface area (Å²) >= 11 is 0. The molecule has 0 saturated carbocycles. The Morgan fingerprint density at radius 1 is 0.972 bits per heavy atom. The fraction of sp³-hybridized carbons (Fsp3) is 0.280. The summed E-state index contributed by atoms with van der Waals surface area (Å²) in [6.07, 6.45) is 1.36. The number of nitrogens with one attached hydrogen (secondary N) is 1. The molecule has 0 spiro atoms. The monoisotopic (exact) mass is 493 g/mol. The Morgan fingerprint density at radius 2 is 1.72 bits per heavy atom. The van der Waals surface area contributed by atoms with Crippen LogP contribution in [-0.2, 0) is 18.1 Å². The molecular formula is C25H22F3N7O. The number of rotatable bonds is 4. The first kappa shape index (κ1) is 22.6. The van der Waals surface area contributed by atoms with Crippen molar-refractivity contribution in [3.05, 3.63) is 77.9 Å². The molecule has 6 rings (SSSR count). The second-order valence-electron chi connectivity index (χ2n) is 9.00. The number of benzene rings is 2. The van der Waals surface area contributed by atoms with Gasteiger partial charge in [0.1, 0.15) is 11.5 Å². The number of pyridine rings is 1. The van der Waals surface area contributed by atoms with Crippen molar-refractivity contribution in [3.8, 4) is 22.5 Å². The van der Waals surface area contributed by atoms with E-state index in [2.05, 4.69) is 30.7 Å². The van der Waals surface area contributed by atoms with Crippen molar-refractivity contribution in [3.63, 3.8) is 0 Å². The number of piperazine rings is 1. The van der Waals surface area contributed by atoms with Gasteiger partial charge < -0.3 is 15.3 Å². The van der Waals surface area contributed by atoms with Crippen LogP contribution in [0.3, 0.4) is 0 Å². The van der Waals surface area contributed by atoms with E-state index in [0.29, 0.717) is 5.56 Å². The number of nitrogens with zero attached hydrogens (tertiary/aromatic N) is 6. The molecule has 4 aromatic rings. The van der Waals surface area contributed by atoms with Gasteiger partial charge >= 0.3 is 5.92 Å². The maximum Gasteiger partial charge on any atom is 0.323 e. The summed E-state index contributed by atoms with van der Waals surface area (Å²) in [6, 6.07) is 13.9. The highest BCUT2D eigenvalue weighted by Crippen LogP contribution is 2.50. The first-order valence-electron chi connectivity index (χ1n) is 11.6. The van der Waals surface area contributed by atoms with Gasteiger partial charge in [-0.3, -0.25) is 4.98 Å². The molecule has 1 fully saturated rings. The zero-order valence-corrected chi connectivity index (χ0v) is 19.1. The van der Waals surface area contributed by atoms with Gasteiger partial charge in [-0.1, -0.05) is 24.3 Å². The summed E-state index contributed by atoms with van der Waals surface area (Å²) in [7, 11) is 0. The summed E-state index contributed by atoms with van der Waals surface area (Å²) < 4.78 is 46.8. The minimum absolute atomic E-state index is 0.00891. The molecule has 2 aliphatic rings. The van der Waals surface area contributed by atoms with E-state index < -0.39 is 29.6 Å². The van der Waals surface area contributed by atoms with E-state index in [0.717, 1.165) is 60.3 Å². The predicted molar refractivity (Wildman–Crippen MR) is 126 cm³/mol. The molecule has 1 saturated heterocycles. The molecule has 36 heavy (non-hydrogen) atoms. The average molecular weight is 493 g/mol. The number of hydrogen-bond acceptors (Lipinski definition) is 7. The Hall–Kier alpha value is -3.83. The van der Waals surface area contributed by atoms with Gasteiger partial charge in [0.15, 0.2) is 11.4 Å². The quantitative estimate of drug-likeness (QED) is 0.452. The molecular weight excluding hydrogens is 471 g/mol. The molecule has 2 N–H and O–H groups in total. The number of anilines is 1. The molecule has 4 heterocycles. The molecule has 11 heteroatoms. The summed E-state index contributed by atoms with van der Waals surface area (Å²) in [6.45, 7) is 3.10. The normalized spacial score (nSPS) is 19.6. The summed E-state index contributed by atoms with van der Waals surface area (Å²) in [5.41, 5.74) is -0.891. The molecule has 2 aromatic carbocycles. The van der Waals surface area contributed by atoms with Crippen LogP contribution in [0.4, 0.5) is 18.9 Å². The van der Waals surface area contributed by atoms with Gasteiger partial charge in [-0.05, 0) is 46.3 Å². The third-order valence-corrected chi connectivity index (χ3v) is 6.87. The fourth-order valence-electron chi connectivity index (χ4n) is 4.89. The number of aromatic nitrogens is 5. The van der Waals surface area contributed by atoms with Crippen molar-refractivity contribution in [1.29, 1.82) is 0 Å². The summed E-state index contributed by atoms with van der Waals surface area (Å²) in [4.78, 5) is 6.31. The van der Waals surface area contributed by atoms with Crippen molar-refractivity contribution < 1.29 is 18.3 Å². The van der Waals surface area contributed by atoms with Gasteiger partial charge in [-0.15, -0.1) is 5.10 Å². The third-order valence-electron chi connectivity index (χ3n) is 6.87. The smallest absolute Gasteiger partial charge is 0.323 e. The predicted octanol–water partition coefficient (Wildman–Crippen LogP) is 2.94. The van der Waals surface area contributed by atoms with Crippen molar-refractivity contribution in [2.75, 3.05) is 31.1 Å². The highest BCUT2D eigenvalue weighted by Gasteiger charge is 2.59. The lowest BCUT2D eigenvalue weighted by atomic mass is 9.80. The SMILES string of the molecule is O[C@@]1(C(F)(F)c2ccc(-c3ccc(N4CCNCC4)cc3)cn2)Cn2nnnc2-c2cc(F)ccc21. The van der Waals surface area contributed by atoms with Gasteiger partial charge in [0, 0.05) is 54.8 Å². The largest absolute Gasteiger partial charge is 0.377 e. The number of alkyl halides is 2. The minimum atomic E-state index is -3.83. The van der Waals surface area contributed by atoms with Crippen LogP contribution in [-0.4, -0.2) is 56.5 Å². The van der Waals surface area contributed by atoms with Crippen LogP contribution in [0.15, 0.2) is 60.8 Å². The van der Waals surface area contributed by atoms with Crippen molar-refractivity contribution >= 4 is 5.69 Å². The average Bonchev–Trinajstić information content (AvgIpc) is 3.38. The van der Waals surface area contributed by atoms with Gasteiger partial charge in [0.2, 0.25) is 0 Å². The lowest BCUT2D eigenvalue weighted by Gasteiger charge is -2.39. The number of hydrogen-bond donors (Lipinski definition) is 2. The van der Waals surface area contributed by atoms with E-state index in [9.17, 15) is 9.50 Å². The summed E-state index contributed by atoms with van der Waals surface area (Å²) in [5, 5.41) is 25.7. The topological polar surface area (TPSA) is 92.0 Å². The second-order valence-corrected chi connectivity index (χ2v) is 9.00. The van der Waals surface area contributed by atoms with Crippen molar-refractivity contribution in [2.24, 2.45) is 0 Å². The van der Waals surface area contributed by atoms with Gasteiger partial charge in [-0.2, -0.15) is 8.78 Å². The summed E-state index contributed by atoms with van der Waals surface area (Å²) in [5.74, 6) is -4.37. The molecule has 0 unspecified atom stereocenters. The minimum Gasteiger partial charge on any atom is -0.377 e. The second kappa shape index (κ2) is 8.38. The Labute approximate surface area is 204 Å². The van der Waals surface area contributed by atoms with Crippen LogP contribution < -0.4 is 10.2 Å². The van der Waals surface area contributed by atoms with E-state index in [1.54, 1.807) is 6.07 Å². The molecule has 8 nitrogen and oxygen atoms in total. The molecule has 2 aromatic heterocycles. The molecule has 0 bridgehead atoms. The van der Waals surface area contributed by atoms with Gasteiger partial charge in [-0.25, -0.2) is 9.07 Å². The van der Waals surface area contributed by atoms with Crippen molar-refractivity contribution in [1.82, 2.24) is 30.5 Å².